The lowest BCUT2D eigenvalue weighted by atomic mass is 10.3. The maximum absolute atomic E-state index is 11.6. The van der Waals surface area contributed by atoms with Crippen molar-refractivity contribution in [2.75, 3.05) is 11.9 Å². The summed E-state index contributed by atoms with van der Waals surface area (Å²) in [6, 6.07) is 10.1. The van der Waals surface area contributed by atoms with Gasteiger partial charge in [0.1, 0.15) is 0 Å². The van der Waals surface area contributed by atoms with E-state index >= 15 is 0 Å². The highest BCUT2D eigenvalue weighted by Crippen LogP contribution is 2.24. The number of benzene rings is 1. The summed E-state index contributed by atoms with van der Waals surface area (Å²) in [7, 11) is 0. The number of aromatic nitrogens is 1. The predicted octanol–water partition coefficient (Wildman–Crippen LogP) is 3.41. The second-order valence-corrected chi connectivity index (χ2v) is 4.45. The number of anilines is 1. The largest absolute Gasteiger partial charge is 0.468 e. The van der Waals surface area contributed by atoms with Crippen LogP contribution in [0.3, 0.4) is 0 Å². The Morgan fingerprint density at radius 1 is 1.21 bits per heavy atom. The van der Waals surface area contributed by atoms with Crippen molar-refractivity contribution in [3.63, 3.8) is 0 Å². The molecule has 0 saturated carbocycles. The summed E-state index contributed by atoms with van der Waals surface area (Å²) in [4.78, 5) is 15.6. The number of hydrogen-bond donors (Lipinski definition) is 1. The van der Waals surface area contributed by atoms with Crippen LogP contribution in [0.1, 0.15) is 0 Å². The summed E-state index contributed by atoms with van der Waals surface area (Å²) in [5.74, 6) is 0.0934. The van der Waals surface area contributed by atoms with Gasteiger partial charge in [-0.05, 0) is 24.3 Å². The zero-order valence-electron chi connectivity index (χ0n) is 9.77. The minimum Gasteiger partial charge on any atom is -0.468 e. The maximum Gasteiger partial charge on any atom is 0.262 e. The Morgan fingerprint density at radius 3 is 2.74 bits per heavy atom. The van der Waals surface area contributed by atoms with Crippen LogP contribution < -0.4 is 10.1 Å². The van der Waals surface area contributed by atoms with Gasteiger partial charge in [0.2, 0.25) is 5.88 Å². The first kappa shape index (κ1) is 13.6. The normalized spacial score (nSPS) is 10.0. The summed E-state index contributed by atoms with van der Waals surface area (Å²) in [6.07, 6.45) is 1.59. The van der Waals surface area contributed by atoms with E-state index in [2.05, 4.69) is 10.3 Å². The van der Waals surface area contributed by atoms with E-state index in [1.165, 1.54) is 0 Å². The number of nitrogens with zero attached hydrogens (tertiary/aromatic N) is 1. The first-order chi connectivity index (χ1) is 9.15. The molecule has 1 aromatic carbocycles. The number of nitrogens with one attached hydrogen (secondary N) is 1. The molecule has 0 fully saturated rings. The van der Waals surface area contributed by atoms with Crippen LogP contribution in [0.25, 0.3) is 0 Å². The molecule has 0 aliphatic heterocycles. The lowest BCUT2D eigenvalue weighted by molar-refractivity contribution is -0.118. The fraction of sp³-hybridized carbons (Fsp3) is 0.0769. The van der Waals surface area contributed by atoms with Crippen LogP contribution in [-0.4, -0.2) is 17.5 Å². The van der Waals surface area contributed by atoms with Crippen LogP contribution in [0.5, 0.6) is 5.88 Å². The van der Waals surface area contributed by atoms with Crippen molar-refractivity contribution in [2.24, 2.45) is 0 Å². The zero-order valence-corrected chi connectivity index (χ0v) is 11.3. The number of amides is 1. The van der Waals surface area contributed by atoms with E-state index in [0.717, 1.165) is 0 Å². The zero-order chi connectivity index (χ0) is 13.7. The number of ether oxygens (including phenoxy) is 1. The molecular weight excluding hydrogens is 287 g/mol. The molecule has 0 spiro atoms. The molecule has 0 radical (unpaired) electrons. The van der Waals surface area contributed by atoms with Gasteiger partial charge in [-0.1, -0.05) is 29.3 Å². The van der Waals surface area contributed by atoms with Gasteiger partial charge in [-0.15, -0.1) is 0 Å². The van der Waals surface area contributed by atoms with Crippen molar-refractivity contribution >= 4 is 34.8 Å². The van der Waals surface area contributed by atoms with Crippen molar-refractivity contribution in [3.05, 3.63) is 52.6 Å². The molecule has 1 N–H and O–H groups in total. The molecular formula is C13H10Cl2N2O2. The van der Waals surface area contributed by atoms with E-state index in [1.54, 1.807) is 42.6 Å². The van der Waals surface area contributed by atoms with E-state index < -0.39 is 0 Å². The second kappa shape index (κ2) is 6.41. The van der Waals surface area contributed by atoms with Gasteiger partial charge in [0.15, 0.2) is 6.61 Å². The molecule has 19 heavy (non-hydrogen) atoms. The predicted molar refractivity (Wildman–Crippen MR) is 74.8 cm³/mol. The molecule has 0 unspecified atom stereocenters. The number of hydrogen-bond acceptors (Lipinski definition) is 3. The van der Waals surface area contributed by atoms with Gasteiger partial charge in [0, 0.05) is 18.0 Å². The third kappa shape index (κ3) is 4.12. The molecule has 2 rings (SSSR count). The molecule has 4 nitrogen and oxygen atoms in total. The summed E-state index contributed by atoms with van der Waals surface area (Å²) in [5.41, 5.74) is 0.559. The van der Waals surface area contributed by atoms with Gasteiger partial charge in [-0.3, -0.25) is 4.79 Å². The standard InChI is InChI=1S/C13H10Cl2N2O2/c14-10-5-4-9(7-11(10)15)17-12(18)8-19-13-3-1-2-6-16-13/h1-7H,8H2,(H,17,18). The number of pyridine rings is 1. The fourth-order valence-electron chi connectivity index (χ4n) is 1.34. The number of rotatable bonds is 4. The van der Waals surface area contributed by atoms with Crippen LogP contribution >= 0.6 is 23.2 Å². The number of halogens is 2. The van der Waals surface area contributed by atoms with E-state index in [4.69, 9.17) is 27.9 Å². The molecule has 2 aromatic rings. The molecule has 98 valence electrons. The molecule has 0 aliphatic rings. The van der Waals surface area contributed by atoms with E-state index in [0.29, 0.717) is 21.6 Å². The van der Waals surface area contributed by atoms with Crippen LogP contribution in [0.2, 0.25) is 10.0 Å². The Hall–Kier alpha value is -1.78. The van der Waals surface area contributed by atoms with E-state index in [-0.39, 0.29) is 12.5 Å². The van der Waals surface area contributed by atoms with E-state index in [1.807, 2.05) is 0 Å². The molecule has 0 saturated heterocycles. The minimum absolute atomic E-state index is 0.128. The second-order valence-electron chi connectivity index (χ2n) is 3.63. The quantitative estimate of drug-likeness (QED) is 0.941. The van der Waals surface area contributed by atoms with Crippen LogP contribution in [-0.2, 0) is 4.79 Å². The van der Waals surface area contributed by atoms with Crippen LogP contribution in [0.4, 0.5) is 5.69 Å². The van der Waals surface area contributed by atoms with Gasteiger partial charge in [-0.2, -0.15) is 0 Å². The van der Waals surface area contributed by atoms with Gasteiger partial charge in [0.05, 0.1) is 10.0 Å². The van der Waals surface area contributed by atoms with Crippen molar-refractivity contribution in [3.8, 4) is 5.88 Å². The van der Waals surface area contributed by atoms with Crippen LogP contribution in [0.15, 0.2) is 42.6 Å². The Labute approximate surface area is 120 Å². The van der Waals surface area contributed by atoms with Gasteiger partial charge < -0.3 is 10.1 Å². The maximum atomic E-state index is 11.6. The highest BCUT2D eigenvalue weighted by atomic mass is 35.5. The summed E-state index contributed by atoms with van der Waals surface area (Å²) < 4.78 is 5.21. The third-order valence-corrected chi connectivity index (χ3v) is 2.93. The molecule has 6 heteroatoms. The van der Waals surface area contributed by atoms with Crippen molar-refractivity contribution in [1.29, 1.82) is 0 Å². The first-order valence-electron chi connectivity index (χ1n) is 5.44. The summed E-state index contributed by atoms with van der Waals surface area (Å²) in [5, 5.41) is 3.46. The monoisotopic (exact) mass is 296 g/mol. The lowest BCUT2D eigenvalue weighted by Crippen LogP contribution is -2.20. The van der Waals surface area contributed by atoms with Crippen molar-refractivity contribution < 1.29 is 9.53 Å². The Kier molecular flexibility index (Phi) is 4.60. The minimum atomic E-state index is -0.302. The summed E-state index contributed by atoms with van der Waals surface area (Å²) in [6.45, 7) is -0.128. The molecule has 0 atom stereocenters. The highest BCUT2D eigenvalue weighted by molar-refractivity contribution is 6.42. The highest BCUT2D eigenvalue weighted by Gasteiger charge is 2.05. The fourth-order valence-corrected chi connectivity index (χ4v) is 1.64. The molecule has 0 aliphatic carbocycles. The average molecular weight is 297 g/mol. The molecule has 1 heterocycles. The number of carbonyl (C=O) groups is 1. The average Bonchev–Trinajstić information content (AvgIpc) is 2.42. The van der Waals surface area contributed by atoms with Gasteiger partial charge in [-0.25, -0.2) is 4.98 Å². The van der Waals surface area contributed by atoms with Gasteiger partial charge >= 0.3 is 0 Å². The van der Waals surface area contributed by atoms with Crippen molar-refractivity contribution in [1.82, 2.24) is 4.98 Å². The van der Waals surface area contributed by atoms with Crippen molar-refractivity contribution in [2.45, 2.75) is 0 Å². The Bertz CT molecular complexity index is 576. The molecule has 1 aromatic heterocycles. The molecule has 1 amide bonds. The lowest BCUT2D eigenvalue weighted by Gasteiger charge is -2.07. The third-order valence-electron chi connectivity index (χ3n) is 2.19. The SMILES string of the molecule is O=C(COc1ccccn1)Nc1ccc(Cl)c(Cl)c1. The first-order valence-corrected chi connectivity index (χ1v) is 6.19. The topological polar surface area (TPSA) is 51.2 Å². The van der Waals surface area contributed by atoms with E-state index in [9.17, 15) is 4.79 Å². The Morgan fingerprint density at radius 2 is 2.05 bits per heavy atom. The van der Waals surface area contributed by atoms with Crippen LogP contribution in [0, 0.1) is 0 Å². The van der Waals surface area contributed by atoms with Gasteiger partial charge in [0.25, 0.3) is 5.91 Å². The smallest absolute Gasteiger partial charge is 0.262 e. The molecule has 0 bridgehead atoms. The Balaban J connectivity index is 1.89. The number of carbonyl (C=O) groups excluding carboxylic acids is 1. The summed E-state index contributed by atoms with van der Waals surface area (Å²) >= 11 is 11.6.